The highest BCUT2D eigenvalue weighted by atomic mass is 35.5. The standard InChI is InChI=1S/C33H43ClN6O4/c1-21(18-43-19-22-14-10-9-11-15-22)29(42)35-23-16-12-13-17-24(23)44-20-25(41)36-33(7,8)32(5,6)30-38-37-28-26(34)27(31(2,3)4)39-40(28)30/h9-17,21,39H,18-20H2,1-8H3,(H,35,42)(H,36,41). The van der Waals surface area contributed by atoms with Crippen molar-refractivity contribution in [3.8, 4) is 5.75 Å². The van der Waals surface area contributed by atoms with E-state index in [1.807, 2.05) is 58.0 Å². The number of nitrogens with zero attached hydrogens (tertiary/aromatic N) is 3. The van der Waals surface area contributed by atoms with Crippen LogP contribution in [0.25, 0.3) is 5.65 Å². The monoisotopic (exact) mass is 622 g/mol. The number of carbonyl (C=O) groups excluding carboxylic acids is 2. The number of H-pyrrole nitrogens is 1. The number of fused-ring (bicyclic) bond motifs is 1. The summed E-state index contributed by atoms with van der Waals surface area (Å²) in [6, 6.07) is 16.8. The van der Waals surface area contributed by atoms with E-state index in [9.17, 15) is 9.59 Å². The van der Waals surface area contributed by atoms with Gasteiger partial charge in [0.05, 0.1) is 30.5 Å². The number of amides is 2. The first-order valence-corrected chi connectivity index (χ1v) is 15.1. The van der Waals surface area contributed by atoms with Gasteiger partial charge in [-0.1, -0.05) is 95.6 Å². The molecule has 0 saturated heterocycles. The molecule has 0 spiro atoms. The van der Waals surface area contributed by atoms with Crippen molar-refractivity contribution in [1.82, 2.24) is 25.1 Å². The van der Waals surface area contributed by atoms with Crippen LogP contribution in [0.3, 0.4) is 0 Å². The van der Waals surface area contributed by atoms with Gasteiger partial charge in [0, 0.05) is 16.4 Å². The van der Waals surface area contributed by atoms with Crippen LogP contribution >= 0.6 is 11.6 Å². The Bertz CT molecular complexity index is 1600. The summed E-state index contributed by atoms with van der Waals surface area (Å²) in [6.45, 7) is 16.3. The maximum Gasteiger partial charge on any atom is 0.258 e. The first kappa shape index (κ1) is 33.0. The minimum Gasteiger partial charge on any atom is -0.482 e. The van der Waals surface area contributed by atoms with E-state index in [2.05, 4.69) is 46.7 Å². The molecule has 4 rings (SSSR count). The van der Waals surface area contributed by atoms with E-state index in [1.54, 1.807) is 35.7 Å². The highest BCUT2D eigenvalue weighted by Crippen LogP contribution is 2.37. The zero-order valence-electron chi connectivity index (χ0n) is 26.7. The van der Waals surface area contributed by atoms with Crippen LogP contribution in [-0.2, 0) is 31.8 Å². The number of ether oxygens (including phenoxy) is 2. The molecule has 0 aliphatic rings. The van der Waals surface area contributed by atoms with Crippen molar-refractivity contribution in [3.63, 3.8) is 0 Å². The summed E-state index contributed by atoms with van der Waals surface area (Å²) < 4.78 is 13.4. The lowest BCUT2D eigenvalue weighted by Crippen LogP contribution is -2.57. The highest BCUT2D eigenvalue weighted by Gasteiger charge is 2.44. The average Bonchev–Trinajstić information content (AvgIpc) is 3.53. The van der Waals surface area contributed by atoms with Crippen molar-refractivity contribution in [2.75, 3.05) is 18.5 Å². The number of halogens is 1. The number of aromatic amines is 1. The molecule has 1 atom stereocenters. The van der Waals surface area contributed by atoms with Gasteiger partial charge in [-0.15, -0.1) is 10.2 Å². The second-order valence-corrected chi connectivity index (χ2v) is 13.6. The Balaban J connectivity index is 1.37. The van der Waals surface area contributed by atoms with Gasteiger partial charge in [0.25, 0.3) is 5.91 Å². The summed E-state index contributed by atoms with van der Waals surface area (Å²) in [4.78, 5) is 26.0. The number of nitrogens with one attached hydrogen (secondary N) is 3. The van der Waals surface area contributed by atoms with E-state index in [-0.39, 0.29) is 30.4 Å². The molecular weight excluding hydrogens is 580 g/mol. The quantitative estimate of drug-likeness (QED) is 0.177. The summed E-state index contributed by atoms with van der Waals surface area (Å²) in [6.07, 6.45) is 0. The maximum absolute atomic E-state index is 13.2. The molecule has 44 heavy (non-hydrogen) atoms. The molecule has 11 heteroatoms. The SMILES string of the molecule is CC(COCc1ccccc1)C(=O)Nc1ccccc1OCC(=O)NC(C)(C)C(C)(C)c1nnc2c(Cl)c(C(C)(C)C)[nH]n12. The van der Waals surface area contributed by atoms with Crippen molar-refractivity contribution in [2.45, 2.75) is 78.4 Å². The van der Waals surface area contributed by atoms with E-state index >= 15 is 0 Å². The minimum absolute atomic E-state index is 0.208. The van der Waals surface area contributed by atoms with Crippen LogP contribution in [0, 0.1) is 5.92 Å². The molecule has 3 N–H and O–H groups in total. The number of carbonyl (C=O) groups is 2. The second-order valence-electron chi connectivity index (χ2n) is 13.2. The van der Waals surface area contributed by atoms with Gasteiger partial charge in [-0.3, -0.25) is 14.7 Å². The highest BCUT2D eigenvalue weighted by molar-refractivity contribution is 6.34. The largest absolute Gasteiger partial charge is 0.482 e. The Morgan fingerprint density at radius 2 is 1.64 bits per heavy atom. The first-order valence-electron chi connectivity index (χ1n) is 14.7. The fraction of sp³-hybridized carbons (Fsp3) is 0.455. The smallest absolute Gasteiger partial charge is 0.258 e. The van der Waals surface area contributed by atoms with Crippen LogP contribution in [0.2, 0.25) is 5.02 Å². The molecule has 2 aromatic heterocycles. The fourth-order valence-electron chi connectivity index (χ4n) is 4.63. The number of aromatic nitrogens is 4. The topological polar surface area (TPSA) is 123 Å². The molecule has 0 fully saturated rings. The van der Waals surface area contributed by atoms with Crippen molar-refractivity contribution < 1.29 is 19.1 Å². The van der Waals surface area contributed by atoms with Gasteiger partial charge in [-0.2, -0.15) is 0 Å². The number of rotatable bonds is 12. The molecule has 0 aliphatic carbocycles. The minimum atomic E-state index is -0.765. The molecule has 2 aromatic carbocycles. The zero-order valence-corrected chi connectivity index (χ0v) is 27.5. The van der Waals surface area contributed by atoms with Gasteiger partial charge in [0.2, 0.25) is 5.91 Å². The Labute approximate surface area is 263 Å². The van der Waals surface area contributed by atoms with Crippen LogP contribution in [0.15, 0.2) is 54.6 Å². The summed E-state index contributed by atoms with van der Waals surface area (Å²) in [5.74, 6) is 0.0924. The van der Waals surface area contributed by atoms with Crippen molar-refractivity contribution in [1.29, 1.82) is 0 Å². The lowest BCUT2D eigenvalue weighted by molar-refractivity contribution is -0.125. The van der Waals surface area contributed by atoms with E-state index in [0.717, 1.165) is 11.3 Å². The van der Waals surface area contributed by atoms with Crippen molar-refractivity contribution >= 4 is 34.7 Å². The van der Waals surface area contributed by atoms with E-state index in [4.69, 9.17) is 21.1 Å². The Kier molecular flexibility index (Phi) is 9.75. The van der Waals surface area contributed by atoms with Gasteiger partial charge in [-0.05, 0) is 31.5 Å². The predicted octanol–water partition coefficient (Wildman–Crippen LogP) is 6.05. The van der Waals surface area contributed by atoms with Gasteiger partial charge < -0.3 is 20.1 Å². The number of benzene rings is 2. The van der Waals surface area contributed by atoms with Crippen LogP contribution in [0.4, 0.5) is 5.69 Å². The molecule has 4 aromatic rings. The second kappa shape index (κ2) is 13.0. The molecule has 0 bridgehead atoms. The molecule has 2 heterocycles. The van der Waals surface area contributed by atoms with Gasteiger partial charge in [0.15, 0.2) is 18.1 Å². The molecule has 236 valence electrons. The lowest BCUT2D eigenvalue weighted by atomic mass is 9.73. The number of para-hydroxylation sites is 2. The molecular formula is C33H43ClN6O4. The third kappa shape index (κ3) is 7.25. The average molecular weight is 623 g/mol. The number of hydrogen-bond acceptors (Lipinski definition) is 6. The van der Waals surface area contributed by atoms with Gasteiger partial charge in [0.1, 0.15) is 10.8 Å². The summed E-state index contributed by atoms with van der Waals surface area (Å²) in [5, 5.41) is 18.6. The summed E-state index contributed by atoms with van der Waals surface area (Å²) >= 11 is 6.64. The van der Waals surface area contributed by atoms with E-state index in [0.29, 0.717) is 34.5 Å². The van der Waals surface area contributed by atoms with Crippen molar-refractivity contribution in [2.24, 2.45) is 5.92 Å². The van der Waals surface area contributed by atoms with Crippen molar-refractivity contribution in [3.05, 3.63) is 76.7 Å². The van der Waals surface area contributed by atoms with E-state index in [1.165, 1.54) is 0 Å². The van der Waals surface area contributed by atoms with Crippen LogP contribution in [0.1, 0.15) is 72.5 Å². The molecule has 0 radical (unpaired) electrons. The molecule has 0 saturated carbocycles. The van der Waals surface area contributed by atoms with E-state index < -0.39 is 16.9 Å². The summed E-state index contributed by atoms with van der Waals surface area (Å²) in [7, 11) is 0. The molecule has 2 amide bonds. The first-order chi connectivity index (χ1) is 20.6. The third-order valence-corrected chi connectivity index (χ3v) is 8.41. The third-order valence-electron chi connectivity index (χ3n) is 8.06. The number of anilines is 1. The van der Waals surface area contributed by atoms with Crippen LogP contribution in [-0.4, -0.2) is 50.4 Å². The Morgan fingerprint density at radius 1 is 0.977 bits per heavy atom. The Hall–Kier alpha value is -3.89. The van der Waals surface area contributed by atoms with Crippen LogP contribution in [0.5, 0.6) is 5.75 Å². The summed E-state index contributed by atoms with van der Waals surface area (Å²) in [5.41, 5.74) is 1.27. The molecule has 10 nitrogen and oxygen atoms in total. The van der Waals surface area contributed by atoms with Gasteiger partial charge >= 0.3 is 0 Å². The fourth-order valence-corrected chi connectivity index (χ4v) is 5.07. The lowest BCUT2D eigenvalue weighted by Gasteiger charge is -2.40. The van der Waals surface area contributed by atoms with Gasteiger partial charge in [-0.25, -0.2) is 4.52 Å². The van der Waals surface area contributed by atoms with Crippen LogP contribution < -0.4 is 15.4 Å². The molecule has 0 aliphatic heterocycles. The normalized spacial score (nSPS) is 13.1. The predicted molar refractivity (Wildman–Crippen MR) is 172 cm³/mol. The molecule has 1 unspecified atom stereocenters. The maximum atomic E-state index is 13.2. The zero-order chi connectivity index (χ0) is 32.3. The Morgan fingerprint density at radius 3 is 2.32 bits per heavy atom. The number of hydrogen-bond donors (Lipinski definition) is 3.